The van der Waals surface area contributed by atoms with Crippen LogP contribution in [0, 0.1) is 6.92 Å². The third kappa shape index (κ3) is 3.21. The van der Waals surface area contributed by atoms with Gasteiger partial charge in [0.15, 0.2) is 12.0 Å². The zero-order valence-corrected chi connectivity index (χ0v) is 12.6. The molecule has 0 bridgehead atoms. The molecular formula is C19H15NO3. The number of anilines is 1. The van der Waals surface area contributed by atoms with Gasteiger partial charge in [-0.1, -0.05) is 29.8 Å². The number of carbonyl (C=O) groups excluding carboxylic acids is 2. The predicted molar refractivity (Wildman–Crippen MR) is 88.7 cm³/mol. The monoisotopic (exact) mass is 305 g/mol. The second-order valence-electron chi connectivity index (χ2n) is 5.19. The minimum absolute atomic E-state index is 0.196. The first-order chi connectivity index (χ1) is 11.2. The molecular weight excluding hydrogens is 290 g/mol. The highest BCUT2D eigenvalue weighted by Crippen LogP contribution is 2.30. The fraction of sp³-hybridized carbons (Fsp3) is 0.0526. The van der Waals surface area contributed by atoms with Crippen molar-refractivity contribution in [2.24, 2.45) is 0 Å². The Morgan fingerprint density at radius 2 is 1.83 bits per heavy atom. The van der Waals surface area contributed by atoms with Crippen molar-refractivity contribution in [2.45, 2.75) is 6.92 Å². The van der Waals surface area contributed by atoms with E-state index in [2.05, 4.69) is 5.32 Å². The largest absolute Gasteiger partial charge is 0.453 e. The van der Waals surface area contributed by atoms with Gasteiger partial charge in [-0.3, -0.25) is 9.59 Å². The normalized spacial score (nSPS) is 10.3. The smallest absolute Gasteiger partial charge is 0.255 e. The van der Waals surface area contributed by atoms with Crippen molar-refractivity contribution in [3.63, 3.8) is 0 Å². The van der Waals surface area contributed by atoms with Crippen LogP contribution < -0.4 is 5.32 Å². The second kappa shape index (κ2) is 6.32. The third-order valence-corrected chi connectivity index (χ3v) is 3.47. The average Bonchev–Trinajstić information content (AvgIpc) is 3.06. The Morgan fingerprint density at radius 1 is 1.04 bits per heavy atom. The van der Waals surface area contributed by atoms with E-state index in [0.717, 1.165) is 11.1 Å². The molecule has 0 fully saturated rings. The molecule has 4 heteroatoms. The number of nitrogens with one attached hydrogen (secondary N) is 1. The first-order valence-corrected chi connectivity index (χ1v) is 7.20. The maximum Gasteiger partial charge on any atom is 0.255 e. The molecule has 0 spiro atoms. The van der Waals surface area contributed by atoms with Crippen molar-refractivity contribution in [2.75, 3.05) is 5.32 Å². The van der Waals surface area contributed by atoms with Crippen LogP contribution in [0.5, 0.6) is 0 Å². The van der Waals surface area contributed by atoms with Gasteiger partial charge in [-0.15, -0.1) is 0 Å². The summed E-state index contributed by atoms with van der Waals surface area (Å²) in [6.45, 7) is 1.95. The molecule has 0 atom stereocenters. The summed E-state index contributed by atoms with van der Waals surface area (Å²) in [6, 6.07) is 18.0. The van der Waals surface area contributed by atoms with E-state index < -0.39 is 0 Å². The summed E-state index contributed by atoms with van der Waals surface area (Å²) in [5, 5.41) is 2.89. The lowest BCUT2D eigenvalue weighted by Crippen LogP contribution is -2.12. The molecule has 3 rings (SSSR count). The second-order valence-corrected chi connectivity index (χ2v) is 5.19. The Hall–Kier alpha value is -3.14. The van der Waals surface area contributed by atoms with E-state index in [0.29, 0.717) is 23.3 Å². The Kier molecular flexibility index (Phi) is 4.06. The molecule has 1 amide bonds. The highest BCUT2D eigenvalue weighted by Gasteiger charge is 2.13. The Labute approximate surface area is 133 Å². The molecule has 3 aromatic rings. The van der Waals surface area contributed by atoms with Crippen molar-refractivity contribution in [3.8, 4) is 11.3 Å². The summed E-state index contributed by atoms with van der Waals surface area (Å²) in [7, 11) is 0. The number of rotatable bonds is 4. The van der Waals surface area contributed by atoms with Crippen LogP contribution in [0.4, 0.5) is 5.69 Å². The Bertz CT molecular complexity index is 850. The van der Waals surface area contributed by atoms with Crippen molar-refractivity contribution in [3.05, 3.63) is 77.6 Å². The summed E-state index contributed by atoms with van der Waals surface area (Å²) in [4.78, 5) is 23.1. The lowest BCUT2D eigenvalue weighted by atomic mass is 10.1. The molecule has 0 unspecified atom stereocenters. The van der Waals surface area contributed by atoms with Crippen molar-refractivity contribution < 1.29 is 14.0 Å². The van der Waals surface area contributed by atoms with Crippen LogP contribution in [0.3, 0.4) is 0 Å². The molecule has 23 heavy (non-hydrogen) atoms. The number of amides is 1. The van der Waals surface area contributed by atoms with Gasteiger partial charge >= 0.3 is 0 Å². The molecule has 0 saturated heterocycles. The number of aldehydes is 1. The first kappa shape index (κ1) is 14.8. The van der Waals surface area contributed by atoms with Crippen LogP contribution in [0.1, 0.15) is 26.5 Å². The van der Waals surface area contributed by atoms with Crippen LogP contribution in [0.2, 0.25) is 0 Å². The summed E-state index contributed by atoms with van der Waals surface area (Å²) in [6.07, 6.45) is 0.654. The van der Waals surface area contributed by atoms with Gasteiger partial charge < -0.3 is 9.73 Å². The summed E-state index contributed by atoms with van der Waals surface area (Å²) < 4.78 is 5.48. The van der Waals surface area contributed by atoms with Gasteiger partial charge in [0.25, 0.3) is 5.91 Å². The molecule has 0 aliphatic rings. The number of carbonyl (C=O) groups is 2. The van der Waals surface area contributed by atoms with Crippen LogP contribution in [0.15, 0.2) is 65.1 Å². The minimum atomic E-state index is -0.196. The maximum absolute atomic E-state index is 12.3. The van der Waals surface area contributed by atoms with Gasteiger partial charge in [0.1, 0.15) is 5.76 Å². The van der Waals surface area contributed by atoms with Gasteiger partial charge in [-0.2, -0.15) is 0 Å². The lowest BCUT2D eigenvalue weighted by molar-refractivity contribution is 0.102. The quantitative estimate of drug-likeness (QED) is 0.730. The Morgan fingerprint density at radius 3 is 2.52 bits per heavy atom. The van der Waals surface area contributed by atoms with Crippen LogP contribution >= 0.6 is 0 Å². The van der Waals surface area contributed by atoms with Gasteiger partial charge in [0.05, 0.1) is 5.69 Å². The standard InChI is InChI=1S/C19H15NO3/c1-13-7-9-17(20-19(22)14-5-3-2-4-6-14)16(11-13)18-10-8-15(12-21)23-18/h2-12H,1H3,(H,20,22). The molecule has 2 aromatic carbocycles. The van der Waals surface area contributed by atoms with E-state index in [-0.39, 0.29) is 11.7 Å². The SMILES string of the molecule is Cc1ccc(NC(=O)c2ccccc2)c(-c2ccc(C=O)o2)c1. The maximum atomic E-state index is 12.3. The molecule has 0 aliphatic carbocycles. The molecule has 114 valence electrons. The molecule has 1 N–H and O–H groups in total. The number of hydrogen-bond acceptors (Lipinski definition) is 3. The number of furan rings is 1. The molecule has 0 radical (unpaired) electrons. The lowest BCUT2D eigenvalue weighted by Gasteiger charge is -2.10. The number of aryl methyl sites for hydroxylation is 1. The van der Waals surface area contributed by atoms with Crippen LogP contribution in [-0.2, 0) is 0 Å². The number of hydrogen-bond donors (Lipinski definition) is 1. The molecule has 0 aliphatic heterocycles. The zero-order chi connectivity index (χ0) is 16.2. The fourth-order valence-electron chi connectivity index (χ4n) is 2.32. The van der Waals surface area contributed by atoms with Gasteiger partial charge in [-0.05, 0) is 43.3 Å². The summed E-state index contributed by atoms with van der Waals surface area (Å²) >= 11 is 0. The van der Waals surface area contributed by atoms with E-state index >= 15 is 0 Å². The predicted octanol–water partition coefficient (Wildman–Crippen LogP) is 4.32. The van der Waals surface area contributed by atoms with E-state index in [4.69, 9.17) is 4.42 Å². The summed E-state index contributed by atoms with van der Waals surface area (Å²) in [5.74, 6) is 0.596. The molecule has 1 aromatic heterocycles. The average molecular weight is 305 g/mol. The zero-order valence-electron chi connectivity index (χ0n) is 12.6. The van der Waals surface area contributed by atoms with Crippen molar-refractivity contribution in [1.29, 1.82) is 0 Å². The number of benzene rings is 2. The van der Waals surface area contributed by atoms with E-state index in [1.54, 1.807) is 24.3 Å². The Balaban J connectivity index is 1.96. The molecule has 4 nitrogen and oxygen atoms in total. The van der Waals surface area contributed by atoms with Crippen molar-refractivity contribution >= 4 is 17.9 Å². The summed E-state index contributed by atoms with van der Waals surface area (Å²) in [5.41, 5.74) is 2.98. The molecule has 0 saturated carbocycles. The van der Waals surface area contributed by atoms with Crippen LogP contribution in [-0.4, -0.2) is 12.2 Å². The van der Waals surface area contributed by atoms with E-state index in [9.17, 15) is 9.59 Å². The minimum Gasteiger partial charge on any atom is -0.453 e. The van der Waals surface area contributed by atoms with Gasteiger partial charge in [0.2, 0.25) is 0 Å². The topological polar surface area (TPSA) is 59.3 Å². The van der Waals surface area contributed by atoms with Gasteiger partial charge in [0, 0.05) is 11.1 Å². The fourth-order valence-corrected chi connectivity index (χ4v) is 2.32. The highest BCUT2D eigenvalue weighted by atomic mass is 16.3. The van der Waals surface area contributed by atoms with Crippen LogP contribution in [0.25, 0.3) is 11.3 Å². The van der Waals surface area contributed by atoms with Gasteiger partial charge in [-0.25, -0.2) is 0 Å². The third-order valence-electron chi connectivity index (χ3n) is 3.47. The molecule has 1 heterocycles. The first-order valence-electron chi connectivity index (χ1n) is 7.20. The van der Waals surface area contributed by atoms with E-state index in [1.165, 1.54) is 0 Å². The van der Waals surface area contributed by atoms with Crippen molar-refractivity contribution in [1.82, 2.24) is 0 Å². The highest BCUT2D eigenvalue weighted by molar-refractivity contribution is 6.06. The van der Waals surface area contributed by atoms with E-state index in [1.807, 2.05) is 43.3 Å².